The lowest BCUT2D eigenvalue weighted by atomic mass is 10.2. The molecule has 1 amide bonds. The van der Waals surface area contributed by atoms with Crippen LogP contribution in [-0.2, 0) is 11.2 Å². The van der Waals surface area contributed by atoms with Crippen molar-refractivity contribution in [3.05, 3.63) is 75.8 Å². The third kappa shape index (κ3) is 4.24. The first-order chi connectivity index (χ1) is 12.6. The number of para-hydroxylation sites is 1. The maximum absolute atomic E-state index is 12.5. The summed E-state index contributed by atoms with van der Waals surface area (Å²) in [5, 5.41) is 4.98. The van der Waals surface area contributed by atoms with E-state index in [0.717, 1.165) is 37.6 Å². The summed E-state index contributed by atoms with van der Waals surface area (Å²) in [5.74, 6) is -0.0308. The number of halogens is 2. The number of aryl methyl sites for hydroxylation is 1. The highest BCUT2D eigenvalue weighted by Crippen LogP contribution is 2.26. The number of hydrogen-bond acceptors (Lipinski definition) is 3. The van der Waals surface area contributed by atoms with Crippen LogP contribution in [0.4, 0.5) is 5.69 Å². The number of imidazole rings is 1. The Morgan fingerprint density at radius 2 is 2.04 bits per heavy atom. The average Bonchev–Trinajstić information content (AvgIpc) is 3.19. The fraction of sp³-hybridized carbons (Fsp3) is 0.100. The first kappa shape index (κ1) is 19.6. The van der Waals surface area contributed by atoms with Gasteiger partial charge in [-0.15, -0.1) is 23.7 Å². The Kier molecular flexibility index (Phi) is 5.99. The standard InChI is InChI=1S/C20H16BrN3OS.ClH/c1-13-5-2-3-8-17(13)22-19(25)10-16-12-26-20-23-18(11-24(16)20)14-6-4-7-15(21)9-14;/h2-9,11-12H,10H2,1H3,(H,22,25);1H. The number of rotatable bonds is 4. The van der Waals surface area contributed by atoms with E-state index in [0.29, 0.717) is 6.42 Å². The Labute approximate surface area is 175 Å². The van der Waals surface area contributed by atoms with Crippen molar-refractivity contribution in [2.24, 2.45) is 0 Å². The lowest BCUT2D eigenvalue weighted by Crippen LogP contribution is -2.15. The van der Waals surface area contributed by atoms with Crippen molar-refractivity contribution in [2.75, 3.05) is 5.32 Å². The Morgan fingerprint density at radius 1 is 1.22 bits per heavy atom. The Hall–Kier alpha value is -2.15. The molecule has 4 rings (SSSR count). The van der Waals surface area contributed by atoms with Crippen molar-refractivity contribution in [3.63, 3.8) is 0 Å². The molecule has 0 unspecified atom stereocenters. The zero-order chi connectivity index (χ0) is 18.1. The maximum Gasteiger partial charge on any atom is 0.230 e. The van der Waals surface area contributed by atoms with Gasteiger partial charge in [0, 0.05) is 33.0 Å². The molecule has 0 spiro atoms. The van der Waals surface area contributed by atoms with E-state index in [1.54, 1.807) is 11.3 Å². The lowest BCUT2D eigenvalue weighted by molar-refractivity contribution is -0.115. The molecule has 0 aliphatic carbocycles. The molecule has 0 saturated heterocycles. The molecule has 0 fully saturated rings. The number of nitrogens with one attached hydrogen (secondary N) is 1. The van der Waals surface area contributed by atoms with Gasteiger partial charge in [-0.05, 0) is 30.7 Å². The van der Waals surface area contributed by atoms with Gasteiger partial charge in [0.25, 0.3) is 0 Å². The van der Waals surface area contributed by atoms with Gasteiger partial charge in [0.05, 0.1) is 12.1 Å². The number of benzene rings is 2. The topological polar surface area (TPSA) is 46.4 Å². The predicted molar refractivity (Wildman–Crippen MR) is 117 cm³/mol. The molecule has 0 bridgehead atoms. The fourth-order valence-corrected chi connectivity index (χ4v) is 4.09. The maximum atomic E-state index is 12.5. The molecule has 0 saturated carbocycles. The van der Waals surface area contributed by atoms with Crippen LogP contribution < -0.4 is 5.32 Å². The first-order valence-corrected chi connectivity index (χ1v) is 9.84. The van der Waals surface area contributed by atoms with Crippen molar-refractivity contribution in [3.8, 4) is 11.3 Å². The lowest BCUT2D eigenvalue weighted by Gasteiger charge is -2.07. The second kappa shape index (κ2) is 8.25. The number of carbonyl (C=O) groups excluding carboxylic acids is 1. The number of carbonyl (C=O) groups is 1. The number of thiazole rings is 1. The average molecular weight is 463 g/mol. The number of fused-ring (bicyclic) bond motifs is 1. The van der Waals surface area contributed by atoms with Gasteiger partial charge in [0.1, 0.15) is 0 Å². The van der Waals surface area contributed by atoms with Gasteiger partial charge < -0.3 is 5.32 Å². The fourth-order valence-electron chi connectivity index (χ4n) is 2.82. The van der Waals surface area contributed by atoms with Crippen LogP contribution in [0.25, 0.3) is 16.2 Å². The van der Waals surface area contributed by atoms with Crippen molar-refractivity contribution < 1.29 is 4.79 Å². The van der Waals surface area contributed by atoms with Gasteiger partial charge in [-0.3, -0.25) is 9.20 Å². The minimum Gasteiger partial charge on any atom is -0.326 e. The summed E-state index contributed by atoms with van der Waals surface area (Å²) in [4.78, 5) is 18.0. The SMILES string of the molecule is Cc1ccccc1NC(=O)Cc1csc2nc(-c3cccc(Br)c3)cn12.Cl. The third-order valence-electron chi connectivity index (χ3n) is 4.16. The molecule has 0 aliphatic rings. The molecule has 27 heavy (non-hydrogen) atoms. The third-order valence-corrected chi connectivity index (χ3v) is 5.55. The van der Waals surface area contributed by atoms with Crippen LogP contribution in [0.1, 0.15) is 11.3 Å². The van der Waals surface area contributed by atoms with Gasteiger partial charge in [0.15, 0.2) is 4.96 Å². The van der Waals surface area contributed by atoms with E-state index in [2.05, 4.69) is 26.2 Å². The van der Waals surface area contributed by atoms with Crippen molar-refractivity contribution >= 4 is 56.2 Å². The van der Waals surface area contributed by atoms with Crippen LogP contribution in [-0.4, -0.2) is 15.3 Å². The summed E-state index contributed by atoms with van der Waals surface area (Å²) in [7, 11) is 0. The molecule has 138 valence electrons. The molecule has 2 heterocycles. The molecule has 4 nitrogen and oxygen atoms in total. The van der Waals surface area contributed by atoms with Crippen LogP contribution in [0.3, 0.4) is 0 Å². The quantitative estimate of drug-likeness (QED) is 0.420. The van der Waals surface area contributed by atoms with Crippen LogP contribution >= 0.6 is 39.7 Å². The van der Waals surface area contributed by atoms with Crippen molar-refractivity contribution in [1.82, 2.24) is 9.38 Å². The number of amides is 1. The highest BCUT2D eigenvalue weighted by atomic mass is 79.9. The molecule has 2 aromatic heterocycles. The van der Waals surface area contributed by atoms with Crippen molar-refractivity contribution in [1.29, 1.82) is 0 Å². The van der Waals surface area contributed by atoms with E-state index < -0.39 is 0 Å². The minimum atomic E-state index is -0.0308. The molecule has 4 aromatic rings. The highest BCUT2D eigenvalue weighted by molar-refractivity contribution is 9.10. The van der Waals surface area contributed by atoms with E-state index in [9.17, 15) is 4.79 Å². The van der Waals surface area contributed by atoms with Crippen LogP contribution in [0.15, 0.2) is 64.6 Å². The van der Waals surface area contributed by atoms with Crippen LogP contribution in [0.2, 0.25) is 0 Å². The van der Waals surface area contributed by atoms with E-state index in [1.165, 1.54) is 0 Å². The Balaban J connectivity index is 0.00000210. The normalized spacial score (nSPS) is 10.6. The zero-order valence-corrected chi connectivity index (χ0v) is 17.7. The molecular formula is C20H17BrClN3OS. The number of aromatic nitrogens is 2. The van der Waals surface area contributed by atoms with Gasteiger partial charge in [-0.25, -0.2) is 4.98 Å². The van der Waals surface area contributed by atoms with E-state index in [-0.39, 0.29) is 18.3 Å². The smallest absolute Gasteiger partial charge is 0.230 e. The second-order valence-corrected chi connectivity index (χ2v) is 7.81. The Morgan fingerprint density at radius 3 is 2.81 bits per heavy atom. The second-order valence-electron chi connectivity index (χ2n) is 6.06. The zero-order valence-electron chi connectivity index (χ0n) is 14.5. The summed E-state index contributed by atoms with van der Waals surface area (Å²) in [6.07, 6.45) is 2.30. The molecule has 2 aromatic carbocycles. The molecule has 0 radical (unpaired) electrons. The number of anilines is 1. The molecule has 0 atom stereocenters. The van der Waals surface area contributed by atoms with E-state index in [4.69, 9.17) is 0 Å². The van der Waals surface area contributed by atoms with Crippen molar-refractivity contribution in [2.45, 2.75) is 13.3 Å². The first-order valence-electron chi connectivity index (χ1n) is 8.17. The van der Waals surface area contributed by atoms with Gasteiger partial charge >= 0.3 is 0 Å². The van der Waals surface area contributed by atoms with Gasteiger partial charge in [-0.2, -0.15) is 0 Å². The van der Waals surface area contributed by atoms with Gasteiger partial charge in [-0.1, -0.05) is 46.3 Å². The van der Waals surface area contributed by atoms with E-state index in [1.807, 2.05) is 71.4 Å². The van der Waals surface area contributed by atoms with E-state index >= 15 is 0 Å². The molecule has 1 N–H and O–H groups in total. The molecule has 7 heteroatoms. The summed E-state index contributed by atoms with van der Waals surface area (Å²) < 4.78 is 3.02. The molecule has 0 aliphatic heterocycles. The molecular weight excluding hydrogens is 446 g/mol. The monoisotopic (exact) mass is 461 g/mol. The number of nitrogens with zero attached hydrogens (tertiary/aromatic N) is 2. The summed E-state index contributed by atoms with van der Waals surface area (Å²) in [6.45, 7) is 1.98. The largest absolute Gasteiger partial charge is 0.326 e. The summed E-state index contributed by atoms with van der Waals surface area (Å²) >= 11 is 5.04. The van der Waals surface area contributed by atoms with Crippen LogP contribution in [0.5, 0.6) is 0 Å². The van der Waals surface area contributed by atoms with Gasteiger partial charge in [0.2, 0.25) is 5.91 Å². The highest BCUT2D eigenvalue weighted by Gasteiger charge is 2.13. The summed E-state index contributed by atoms with van der Waals surface area (Å²) in [5.41, 5.74) is 4.79. The number of hydrogen-bond donors (Lipinski definition) is 1. The Bertz CT molecular complexity index is 1110. The minimum absolute atomic E-state index is 0. The predicted octanol–water partition coefficient (Wildman–Crippen LogP) is 5.74. The van der Waals surface area contributed by atoms with Crippen LogP contribution in [0, 0.1) is 6.92 Å². The summed E-state index contributed by atoms with van der Waals surface area (Å²) in [6, 6.07) is 15.8.